The third-order valence-electron chi connectivity index (χ3n) is 2.69. The molecule has 0 saturated carbocycles. The van der Waals surface area contributed by atoms with Crippen LogP contribution in [0.2, 0.25) is 0 Å². The van der Waals surface area contributed by atoms with Crippen LogP contribution in [-0.4, -0.2) is 22.9 Å². The van der Waals surface area contributed by atoms with Crippen LogP contribution in [0, 0.1) is 13.8 Å². The molecular weight excluding hydrogens is 188 g/mol. The fraction of sp³-hybridized carbons (Fsp3) is 0.727. The molecule has 4 nitrogen and oxygen atoms in total. The first-order valence-corrected chi connectivity index (χ1v) is 5.64. The molecule has 0 radical (unpaired) electrons. The van der Waals surface area contributed by atoms with Crippen molar-refractivity contribution >= 4 is 0 Å². The number of aromatic nitrogens is 2. The fourth-order valence-electron chi connectivity index (χ4n) is 1.74. The van der Waals surface area contributed by atoms with Gasteiger partial charge in [0.05, 0.1) is 5.69 Å². The molecule has 15 heavy (non-hydrogen) atoms. The Bertz CT molecular complexity index is 304. The van der Waals surface area contributed by atoms with E-state index >= 15 is 0 Å². The fourth-order valence-corrected chi connectivity index (χ4v) is 1.74. The molecule has 0 amide bonds. The van der Waals surface area contributed by atoms with Gasteiger partial charge < -0.3 is 11.1 Å². The molecule has 4 heteroatoms. The molecule has 1 rings (SSSR count). The van der Waals surface area contributed by atoms with Crippen molar-refractivity contribution in [3.05, 3.63) is 17.0 Å². The summed E-state index contributed by atoms with van der Waals surface area (Å²) >= 11 is 0. The second kappa shape index (κ2) is 5.88. The van der Waals surface area contributed by atoms with Gasteiger partial charge in [-0.3, -0.25) is 4.68 Å². The highest BCUT2D eigenvalue weighted by molar-refractivity contribution is 5.24. The maximum atomic E-state index is 5.44. The molecule has 0 aliphatic carbocycles. The first kappa shape index (κ1) is 12.2. The maximum Gasteiger partial charge on any atom is 0.0641 e. The van der Waals surface area contributed by atoms with E-state index in [1.54, 1.807) is 0 Å². The van der Waals surface area contributed by atoms with Crippen LogP contribution in [0.15, 0.2) is 0 Å². The summed E-state index contributed by atoms with van der Waals surface area (Å²) in [5.74, 6) is 0. The summed E-state index contributed by atoms with van der Waals surface area (Å²) in [6.07, 6.45) is 1.03. The molecule has 0 unspecified atom stereocenters. The second-order valence-electron chi connectivity index (χ2n) is 3.78. The largest absolute Gasteiger partial charge is 0.330 e. The number of rotatable bonds is 6. The van der Waals surface area contributed by atoms with Crippen molar-refractivity contribution in [2.75, 3.05) is 13.1 Å². The van der Waals surface area contributed by atoms with Crippen LogP contribution in [0.4, 0.5) is 0 Å². The van der Waals surface area contributed by atoms with Crippen LogP contribution < -0.4 is 11.1 Å². The predicted octanol–water partition coefficient (Wildman–Crippen LogP) is 0.958. The van der Waals surface area contributed by atoms with Crippen molar-refractivity contribution in [3.8, 4) is 0 Å². The average molecular weight is 210 g/mol. The zero-order valence-electron chi connectivity index (χ0n) is 10.0. The highest BCUT2D eigenvalue weighted by Gasteiger charge is 2.09. The zero-order chi connectivity index (χ0) is 11.3. The van der Waals surface area contributed by atoms with Gasteiger partial charge in [0.25, 0.3) is 0 Å². The lowest BCUT2D eigenvalue weighted by Crippen LogP contribution is -2.18. The summed E-state index contributed by atoms with van der Waals surface area (Å²) in [5.41, 5.74) is 9.17. The van der Waals surface area contributed by atoms with Gasteiger partial charge >= 0.3 is 0 Å². The molecule has 1 heterocycles. The lowest BCUT2D eigenvalue weighted by molar-refractivity contribution is 0.627. The highest BCUT2D eigenvalue weighted by atomic mass is 15.3. The summed E-state index contributed by atoms with van der Waals surface area (Å²) in [7, 11) is 0. The van der Waals surface area contributed by atoms with E-state index in [4.69, 9.17) is 5.73 Å². The normalized spacial score (nSPS) is 10.9. The van der Waals surface area contributed by atoms with Gasteiger partial charge in [0.2, 0.25) is 0 Å². The zero-order valence-corrected chi connectivity index (χ0v) is 10.0. The Hall–Kier alpha value is -0.870. The molecule has 1 aromatic heterocycles. The summed E-state index contributed by atoms with van der Waals surface area (Å²) in [6.45, 7) is 9.88. The van der Waals surface area contributed by atoms with Crippen LogP contribution in [0.25, 0.3) is 0 Å². The molecule has 0 spiro atoms. The van der Waals surface area contributed by atoms with E-state index in [9.17, 15) is 0 Å². The maximum absolute atomic E-state index is 5.44. The van der Waals surface area contributed by atoms with Crippen molar-refractivity contribution in [2.24, 2.45) is 5.73 Å². The van der Waals surface area contributed by atoms with E-state index in [0.29, 0.717) is 0 Å². The summed E-state index contributed by atoms with van der Waals surface area (Å²) in [6, 6.07) is 0. The van der Waals surface area contributed by atoms with Crippen molar-refractivity contribution in [3.63, 3.8) is 0 Å². The molecular formula is C11H22N4. The van der Waals surface area contributed by atoms with Gasteiger partial charge in [-0.25, -0.2) is 0 Å². The van der Waals surface area contributed by atoms with E-state index in [1.165, 1.54) is 11.3 Å². The van der Waals surface area contributed by atoms with Gasteiger partial charge in [0.1, 0.15) is 0 Å². The van der Waals surface area contributed by atoms with Gasteiger partial charge in [-0.1, -0.05) is 0 Å². The van der Waals surface area contributed by atoms with Crippen molar-refractivity contribution in [1.82, 2.24) is 15.1 Å². The molecule has 86 valence electrons. The van der Waals surface area contributed by atoms with E-state index in [1.807, 2.05) is 0 Å². The van der Waals surface area contributed by atoms with Crippen molar-refractivity contribution in [1.29, 1.82) is 0 Å². The lowest BCUT2D eigenvalue weighted by atomic mass is 10.2. The standard InChI is InChI=1S/C11H22N4/c1-4-15-10(3)11(9(2)14-15)8-13-7-5-6-12/h13H,4-8,12H2,1-3H3. The Morgan fingerprint density at radius 1 is 1.40 bits per heavy atom. The summed E-state index contributed by atoms with van der Waals surface area (Å²) in [5, 5.41) is 7.87. The minimum Gasteiger partial charge on any atom is -0.330 e. The topological polar surface area (TPSA) is 55.9 Å². The molecule has 0 atom stereocenters. The predicted molar refractivity (Wildman–Crippen MR) is 62.8 cm³/mol. The Labute approximate surface area is 91.8 Å². The average Bonchev–Trinajstić information content (AvgIpc) is 2.50. The first-order valence-electron chi connectivity index (χ1n) is 5.64. The van der Waals surface area contributed by atoms with E-state index < -0.39 is 0 Å². The van der Waals surface area contributed by atoms with E-state index in [0.717, 1.165) is 38.3 Å². The van der Waals surface area contributed by atoms with Gasteiger partial charge in [0.15, 0.2) is 0 Å². The van der Waals surface area contributed by atoms with Gasteiger partial charge in [0, 0.05) is 24.3 Å². The molecule has 0 saturated heterocycles. The molecule has 0 aliphatic heterocycles. The van der Waals surface area contributed by atoms with Crippen LogP contribution in [0.5, 0.6) is 0 Å². The van der Waals surface area contributed by atoms with Crippen molar-refractivity contribution in [2.45, 2.75) is 40.3 Å². The van der Waals surface area contributed by atoms with Gasteiger partial charge in [-0.05, 0) is 40.3 Å². The SMILES string of the molecule is CCn1nc(C)c(CNCCCN)c1C. The highest BCUT2D eigenvalue weighted by Crippen LogP contribution is 2.12. The monoisotopic (exact) mass is 210 g/mol. The van der Waals surface area contributed by atoms with Crippen LogP contribution in [0.3, 0.4) is 0 Å². The van der Waals surface area contributed by atoms with E-state index in [2.05, 4.69) is 35.9 Å². The minimum absolute atomic E-state index is 0.749. The molecule has 3 N–H and O–H groups in total. The number of nitrogens with zero attached hydrogens (tertiary/aromatic N) is 2. The van der Waals surface area contributed by atoms with Crippen LogP contribution in [-0.2, 0) is 13.1 Å². The number of hydrogen-bond acceptors (Lipinski definition) is 3. The Kier molecular flexibility index (Phi) is 4.78. The smallest absolute Gasteiger partial charge is 0.0641 e. The van der Waals surface area contributed by atoms with Crippen LogP contribution in [0.1, 0.15) is 30.3 Å². The van der Waals surface area contributed by atoms with Crippen LogP contribution >= 0.6 is 0 Å². The molecule has 0 aliphatic rings. The minimum atomic E-state index is 0.749. The Balaban J connectivity index is 2.56. The molecule has 1 aromatic rings. The lowest BCUT2D eigenvalue weighted by Gasteiger charge is -2.04. The molecule has 0 fully saturated rings. The summed E-state index contributed by atoms with van der Waals surface area (Å²) < 4.78 is 2.05. The second-order valence-corrected chi connectivity index (χ2v) is 3.78. The number of hydrogen-bond donors (Lipinski definition) is 2. The quantitative estimate of drug-likeness (QED) is 0.688. The third-order valence-corrected chi connectivity index (χ3v) is 2.69. The Morgan fingerprint density at radius 3 is 2.67 bits per heavy atom. The van der Waals surface area contributed by atoms with Crippen molar-refractivity contribution < 1.29 is 0 Å². The number of nitrogens with two attached hydrogens (primary N) is 1. The Morgan fingerprint density at radius 2 is 2.13 bits per heavy atom. The van der Waals surface area contributed by atoms with Gasteiger partial charge in [-0.15, -0.1) is 0 Å². The third kappa shape index (κ3) is 3.04. The number of nitrogens with one attached hydrogen (secondary N) is 1. The first-order chi connectivity index (χ1) is 7.20. The van der Waals surface area contributed by atoms with Gasteiger partial charge in [-0.2, -0.15) is 5.10 Å². The number of aryl methyl sites for hydroxylation is 2. The van der Waals surface area contributed by atoms with E-state index in [-0.39, 0.29) is 0 Å². The molecule has 0 bridgehead atoms. The molecule has 0 aromatic carbocycles. The summed E-state index contributed by atoms with van der Waals surface area (Å²) in [4.78, 5) is 0.